The van der Waals surface area contributed by atoms with Gasteiger partial charge in [0.25, 0.3) is 0 Å². The highest BCUT2D eigenvalue weighted by Crippen LogP contribution is 2.47. The molecule has 9 heteroatoms. The Morgan fingerprint density at radius 1 is 0.628 bits per heavy atom. The van der Waals surface area contributed by atoms with Crippen LogP contribution in [0.4, 0.5) is 0 Å². The fraction of sp³-hybridized carbons (Fsp3) is 0. The predicted molar refractivity (Wildman–Crippen MR) is 170 cm³/mol. The number of thiazole rings is 1. The van der Waals surface area contributed by atoms with E-state index in [-0.39, 0.29) is 0 Å². The van der Waals surface area contributed by atoms with Crippen LogP contribution >= 0.6 is 11.3 Å². The van der Waals surface area contributed by atoms with Gasteiger partial charge in [-0.1, -0.05) is 65.9 Å². The first kappa shape index (κ1) is 23.9. The van der Waals surface area contributed by atoms with Crippen LogP contribution in [0.1, 0.15) is 0 Å². The zero-order chi connectivity index (χ0) is 28.3. The summed E-state index contributed by atoms with van der Waals surface area (Å²) in [6, 6.07) is 26.4. The number of hydrogen-bond acceptors (Lipinski definition) is 7. The predicted octanol–water partition coefficient (Wildman–Crippen LogP) is 7.60. The number of pyridine rings is 1. The molecule has 0 aliphatic rings. The summed E-state index contributed by atoms with van der Waals surface area (Å²) in [4.78, 5) is 21.5. The molecule has 43 heavy (non-hydrogen) atoms. The second-order valence-corrected chi connectivity index (χ2v) is 11.2. The van der Waals surface area contributed by atoms with Crippen LogP contribution < -0.4 is 0 Å². The maximum Gasteiger partial charge on any atom is 0.194 e. The maximum atomic E-state index is 5.12. The average Bonchev–Trinajstić information content (AvgIpc) is 3.79. The van der Waals surface area contributed by atoms with Crippen LogP contribution in [-0.4, -0.2) is 38.9 Å². The maximum absolute atomic E-state index is 5.12. The van der Waals surface area contributed by atoms with Crippen molar-refractivity contribution >= 4 is 43.8 Å². The van der Waals surface area contributed by atoms with Crippen molar-refractivity contribution < 1.29 is 0 Å². The summed E-state index contributed by atoms with van der Waals surface area (Å²) in [6.07, 6.45) is 13.6. The third-order valence-corrected chi connectivity index (χ3v) is 8.76. The first-order chi connectivity index (χ1) is 21.3. The van der Waals surface area contributed by atoms with Gasteiger partial charge in [0.1, 0.15) is 11.3 Å². The lowest BCUT2D eigenvalue weighted by Crippen LogP contribution is -1.99. The molecular formula is C34H20N8S. The first-order valence-corrected chi connectivity index (χ1v) is 14.6. The number of imidazole rings is 2. The topological polar surface area (TPSA) is 86.2 Å². The summed E-state index contributed by atoms with van der Waals surface area (Å²) in [5, 5.41) is 11.2. The number of nitrogens with zero attached hydrogens (tertiary/aromatic N) is 8. The number of benzene rings is 3. The van der Waals surface area contributed by atoms with Crippen LogP contribution in [0, 0.1) is 0 Å². The van der Waals surface area contributed by atoms with Crippen LogP contribution in [-0.2, 0) is 0 Å². The van der Waals surface area contributed by atoms with Crippen molar-refractivity contribution in [3.05, 3.63) is 122 Å². The van der Waals surface area contributed by atoms with E-state index in [0.717, 1.165) is 76.6 Å². The minimum atomic E-state index is 0.751. The van der Waals surface area contributed by atoms with Gasteiger partial charge in [0.05, 0.1) is 39.7 Å². The van der Waals surface area contributed by atoms with Gasteiger partial charge in [-0.2, -0.15) is 5.10 Å². The molecule has 0 bridgehead atoms. The van der Waals surface area contributed by atoms with Gasteiger partial charge in [-0.3, -0.25) is 9.38 Å². The zero-order valence-electron chi connectivity index (χ0n) is 22.5. The van der Waals surface area contributed by atoms with Crippen molar-refractivity contribution in [2.45, 2.75) is 0 Å². The van der Waals surface area contributed by atoms with Gasteiger partial charge in [0.15, 0.2) is 4.96 Å². The van der Waals surface area contributed by atoms with Crippen molar-refractivity contribution in [1.29, 1.82) is 0 Å². The average molecular weight is 573 g/mol. The Labute approximate surface area is 248 Å². The normalized spacial score (nSPS) is 11.7. The van der Waals surface area contributed by atoms with Crippen molar-refractivity contribution in [3.63, 3.8) is 0 Å². The van der Waals surface area contributed by atoms with Crippen LogP contribution in [0.25, 0.3) is 76.6 Å². The van der Waals surface area contributed by atoms with E-state index in [0.29, 0.717) is 0 Å². The highest BCUT2D eigenvalue weighted by atomic mass is 32.1. The molecule has 6 aromatic heterocycles. The smallest absolute Gasteiger partial charge is 0.194 e. The van der Waals surface area contributed by atoms with E-state index in [1.54, 1.807) is 17.5 Å². The number of hydrogen-bond donors (Lipinski definition) is 0. The van der Waals surface area contributed by atoms with E-state index in [4.69, 9.17) is 20.1 Å². The molecule has 8 nitrogen and oxygen atoms in total. The Morgan fingerprint density at radius 2 is 1.49 bits per heavy atom. The Bertz CT molecular complexity index is 2420. The van der Waals surface area contributed by atoms with Gasteiger partial charge in [-0.25, -0.2) is 15.0 Å². The SMILES string of the molecule is c1ccc2c(-c3c(-c4cnc5ccccc5n4)ccc(-c4cn5ccnc5s4)c3-c3cn4ccccc4n3)nncc2c1. The fourth-order valence-electron chi connectivity index (χ4n) is 5.74. The quantitative estimate of drug-likeness (QED) is 0.216. The molecule has 0 N–H and O–H groups in total. The van der Waals surface area contributed by atoms with Crippen LogP contribution in [0.5, 0.6) is 0 Å². The monoisotopic (exact) mass is 572 g/mol. The lowest BCUT2D eigenvalue weighted by molar-refractivity contribution is 1.06. The third kappa shape index (κ3) is 3.83. The highest BCUT2D eigenvalue weighted by Gasteiger charge is 2.25. The molecule has 0 spiro atoms. The van der Waals surface area contributed by atoms with Crippen molar-refractivity contribution in [3.8, 4) is 44.2 Å². The minimum absolute atomic E-state index is 0.751. The van der Waals surface area contributed by atoms with Crippen LogP contribution in [0.3, 0.4) is 0 Å². The van der Waals surface area contributed by atoms with E-state index < -0.39 is 0 Å². The zero-order valence-corrected chi connectivity index (χ0v) is 23.3. The van der Waals surface area contributed by atoms with E-state index in [9.17, 15) is 0 Å². The molecule has 6 heterocycles. The molecule has 0 fully saturated rings. The molecule has 0 aliphatic carbocycles. The lowest BCUT2D eigenvalue weighted by atomic mass is 9.88. The standard InChI is InChI=1S/C34H20N8S/c1-2-8-22-21(7-1)17-37-40-33(22)32-23(27-18-36-25-9-3-4-10-26(25)38-27)12-13-24(29-20-42-16-14-35-34(42)43-29)31(32)28-19-41-15-6-5-11-30(41)39-28/h1-20H. The van der Waals surface area contributed by atoms with E-state index in [2.05, 4.69) is 46.7 Å². The van der Waals surface area contributed by atoms with E-state index in [1.807, 2.05) is 88.2 Å². The second-order valence-electron chi connectivity index (χ2n) is 10.2. The molecule has 0 radical (unpaired) electrons. The Kier molecular flexibility index (Phi) is 5.20. The van der Waals surface area contributed by atoms with Gasteiger partial charge in [0, 0.05) is 64.0 Å². The summed E-state index contributed by atoms with van der Waals surface area (Å²) in [5.74, 6) is 0. The van der Waals surface area contributed by atoms with Crippen molar-refractivity contribution in [2.75, 3.05) is 0 Å². The van der Waals surface area contributed by atoms with Crippen molar-refractivity contribution in [2.24, 2.45) is 0 Å². The molecule has 0 atom stereocenters. The number of aromatic nitrogens is 8. The number of rotatable bonds is 4. The van der Waals surface area contributed by atoms with Gasteiger partial charge >= 0.3 is 0 Å². The van der Waals surface area contributed by atoms with Crippen LogP contribution in [0.2, 0.25) is 0 Å². The van der Waals surface area contributed by atoms with Gasteiger partial charge in [-0.15, -0.1) is 5.10 Å². The fourth-order valence-corrected chi connectivity index (χ4v) is 6.72. The highest BCUT2D eigenvalue weighted by molar-refractivity contribution is 7.20. The second kappa shape index (κ2) is 9.37. The molecular weight excluding hydrogens is 552 g/mol. The van der Waals surface area contributed by atoms with E-state index in [1.165, 1.54) is 0 Å². The summed E-state index contributed by atoms with van der Waals surface area (Å²) < 4.78 is 4.09. The van der Waals surface area contributed by atoms with Crippen molar-refractivity contribution in [1.82, 2.24) is 38.9 Å². The molecule has 202 valence electrons. The van der Waals surface area contributed by atoms with Gasteiger partial charge < -0.3 is 4.40 Å². The molecule has 3 aromatic carbocycles. The van der Waals surface area contributed by atoms with E-state index >= 15 is 0 Å². The molecule has 9 rings (SSSR count). The summed E-state index contributed by atoms with van der Waals surface area (Å²) in [7, 11) is 0. The molecule has 0 amide bonds. The minimum Gasteiger partial charge on any atom is -0.306 e. The summed E-state index contributed by atoms with van der Waals surface area (Å²) in [6.45, 7) is 0. The Balaban J connectivity index is 1.44. The Morgan fingerprint density at radius 3 is 2.42 bits per heavy atom. The Hall–Kier alpha value is -5.80. The molecule has 0 saturated carbocycles. The van der Waals surface area contributed by atoms with Gasteiger partial charge in [0.2, 0.25) is 0 Å². The molecule has 0 unspecified atom stereocenters. The van der Waals surface area contributed by atoms with Gasteiger partial charge in [-0.05, 0) is 24.3 Å². The summed E-state index contributed by atoms with van der Waals surface area (Å²) >= 11 is 1.64. The summed E-state index contributed by atoms with van der Waals surface area (Å²) in [5.41, 5.74) is 8.65. The molecule has 9 aromatic rings. The molecule has 0 saturated heterocycles. The van der Waals surface area contributed by atoms with Crippen LogP contribution in [0.15, 0.2) is 122 Å². The number of para-hydroxylation sites is 2. The number of fused-ring (bicyclic) bond motifs is 4. The third-order valence-electron chi connectivity index (χ3n) is 7.71. The largest absolute Gasteiger partial charge is 0.306 e. The first-order valence-electron chi connectivity index (χ1n) is 13.8. The lowest BCUT2D eigenvalue weighted by Gasteiger charge is -2.18. The molecule has 0 aliphatic heterocycles.